The molecule has 3 nitrogen and oxygen atoms in total. The van der Waals surface area contributed by atoms with Crippen molar-refractivity contribution < 1.29 is 14.3 Å². The minimum absolute atomic E-state index is 0.0110. The predicted octanol–water partition coefficient (Wildman–Crippen LogP) is 5.19. The van der Waals surface area contributed by atoms with Gasteiger partial charge in [0.15, 0.2) is 0 Å². The van der Waals surface area contributed by atoms with Crippen LogP contribution >= 0.6 is 0 Å². The molecule has 0 amide bonds. The summed E-state index contributed by atoms with van der Waals surface area (Å²) < 4.78 is 5.31. The van der Waals surface area contributed by atoms with Crippen molar-refractivity contribution in [1.29, 1.82) is 0 Å². The van der Waals surface area contributed by atoms with E-state index in [1.54, 1.807) is 0 Å². The van der Waals surface area contributed by atoms with Gasteiger partial charge in [0.05, 0.1) is 6.61 Å². The average molecular weight is 337 g/mol. The van der Waals surface area contributed by atoms with Gasteiger partial charge in [0, 0.05) is 17.8 Å². The van der Waals surface area contributed by atoms with E-state index in [1.807, 2.05) is 20.8 Å². The Morgan fingerprint density at radius 1 is 1.04 bits per heavy atom. The quantitative estimate of drug-likeness (QED) is 0.451. The second kappa shape index (κ2) is 9.39. The van der Waals surface area contributed by atoms with E-state index in [2.05, 4.69) is 32.9 Å². The topological polar surface area (TPSA) is 43.4 Å². The number of carbonyl (C=O) groups is 2. The number of hydrogen-bond acceptors (Lipinski definition) is 3. The van der Waals surface area contributed by atoms with Crippen molar-refractivity contribution in [3.8, 4) is 0 Å². The number of Topliss-reactive ketones (excluding diaryl/α,β-unsaturated/α-hetero) is 1. The van der Waals surface area contributed by atoms with Gasteiger partial charge < -0.3 is 4.74 Å². The Labute approximate surface area is 148 Å². The molecule has 1 rings (SSSR count). The van der Waals surface area contributed by atoms with Crippen LogP contribution in [0.5, 0.6) is 0 Å². The van der Waals surface area contributed by atoms with Crippen LogP contribution in [-0.2, 0) is 14.3 Å². The van der Waals surface area contributed by atoms with Crippen LogP contribution in [0, 0.1) is 29.1 Å². The van der Waals surface area contributed by atoms with Crippen molar-refractivity contribution in [1.82, 2.24) is 0 Å². The van der Waals surface area contributed by atoms with E-state index in [0.717, 1.165) is 25.7 Å². The summed E-state index contributed by atoms with van der Waals surface area (Å²) in [4.78, 5) is 25.1. The highest BCUT2D eigenvalue weighted by molar-refractivity contribution is 5.87. The molecule has 1 aliphatic rings. The maximum atomic E-state index is 13.1. The molecular formula is C21H36O3. The number of esters is 1. The third kappa shape index (κ3) is 5.75. The first kappa shape index (κ1) is 20.9. The number of cyclic esters (lactones) is 1. The van der Waals surface area contributed by atoms with E-state index in [9.17, 15) is 9.59 Å². The van der Waals surface area contributed by atoms with Crippen molar-refractivity contribution >= 4 is 11.8 Å². The summed E-state index contributed by atoms with van der Waals surface area (Å²) >= 11 is 0. The van der Waals surface area contributed by atoms with E-state index >= 15 is 0 Å². The Morgan fingerprint density at radius 3 is 2.33 bits per heavy atom. The summed E-state index contributed by atoms with van der Waals surface area (Å²) in [6.45, 7) is 12.9. The van der Waals surface area contributed by atoms with Gasteiger partial charge in [0.25, 0.3) is 0 Å². The number of rotatable bonds is 0. The molecule has 3 heteroatoms. The van der Waals surface area contributed by atoms with E-state index < -0.39 is 5.41 Å². The van der Waals surface area contributed by atoms with Crippen LogP contribution in [0.3, 0.4) is 0 Å². The SMILES string of the molecule is CC1CCC/C=C/CCOC(=O)CC(C)C(C)(C)C(=O)C(C)C1C. The Kier molecular flexibility index (Phi) is 8.18. The average Bonchev–Trinajstić information content (AvgIpc) is 2.53. The van der Waals surface area contributed by atoms with Crippen LogP contribution in [0.4, 0.5) is 0 Å². The lowest BCUT2D eigenvalue weighted by Gasteiger charge is -2.35. The van der Waals surface area contributed by atoms with E-state index in [0.29, 0.717) is 24.9 Å². The number of ether oxygens (including phenoxy) is 1. The Morgan fingerprint density at radius 2 is 1.67 bits per heavy atom. The molecule has 0 aromatic heterocycles. The molecular weight excluding hydrogens is 300 g/mol. The largest absolute Gasteiger partial charge is 0.465 e. The van der Waals surface area contributed by atoms with Crippen molar-refractivity contribution in [2.45, 2.75) is 73.6 Å². The highest BCUT2D eigenvalue weighted by Crippen LogP contribution is 2.37. The Hall–Kier alpha value is -1.12. The van der Waals surface area contributed by atoms with E-state index in [4.69, 9.17) is 4.74 Å². The molecule has 0 saturated heterocycles. The fourth-order valence-corrected chi connectivity index (χ4v) is 3.42. The van der Waals surface area contributed by atoms with Crippen LogP contribution in [0.15, 0.2) is 12.2 Å². The summed E-state index contributed by atoms with van der Waals surface area (Å²) in [5, 5.41) is 0. The fourth-order valence-electron chi connectivity index (χ4n) is 3.42. The van der Waals surface area contributed by atoms with Gasteiger partial charge in [-0.15, -0.1) is 0 Å². The zero-order valence-electron chi connectivity index (χ0n) is 16.4. The molecule has 138 valence electrons. The first-order valence-corrected chi connectivity index (χ1v) is 9.52. The standard InChI is InChI=1S/C21H36O3/c1-15-12-10-8-7-9-11-13-24-19(22)14-16(2)21(5,6)20(23)18(4)17(15)3/h7,9,15-18H,8,10-14H2,1-6H3/b9-7+. The molecule has 0 aliphatic carbocycles. The van der Waals surface area contributed by atoms with Gasteiger partial charge in [-0.05, 0) is 37.0 Å². The first-order chi connectivity index (χ1) is 11.2. The van der Waals surface area contributed by atoms with E-state index in [1.165, 1.54) is 0 Å². The monoisotopic (exact) mass is 336 g/mol. The smallest absolute Gasteiger partial charge is 0.306 e. The molecule has 0 aromatic carbocycles. The highest BCUT2D eigenvalue weighted by atomic mass is 16.5. The zero-order valence-corrected chi connectivity index (χ0v) is 16.4. The predicted molar refractivity (Wildman–Crippen MR) is 98.6 cm³/mol. The molecule has 0 fully saturated rings. The molecule has 0 saturated carbocycles. The minimum Gasteiger partial charge on any atom is -0.465 e. The molecule has 24 heavy (non-hydrogen) atoms. The van der Waals surface area contributed by atoms with Crippen LogP contribution in [-0.4, -0.2) is 18.4 Å². The lowest BCUT2D eigenvalue weighted by atomic mass is 9.67. The number of ketones is 1. The Bertz CT molecular complexity index is 450. The van der Waals surface area contributed by atoms with Crippen LogP contribution < -0.4 is 0 Å². The van der Waals surface area contributed by atoms with Crippen LogP contribution in [0.2, 0.25) is 0 Å². The number of hydrogen-bond donors (Lipinski definition) is 0. The van der Waals surface area contributed by atoms with Crippen molar-refractivity contribution in [3.63, 3.8) is 0 Å². The van der Waals surface area contributed by atoms with Gasteiger partial charge in [0.2, 0.25) is 0 Å². The molecule has 0 spiro atoms. The molecule has 0 N–H and O–H groups in total. The molecule has 0 radical (unpaired) electrons. The van der Waals surface area contributed by atoms with Crippen molar-refractivity contribution in [3.05, 3.63) is 12.2 Å². The first-order valence-electron chi connectivity index (χ1n) is 9.52. The van der Waals surface area contributed by atoms with Gasteiger partial charge in [-0.2, -0.15) is 0 Å². The summed E-state index contributed by atoms with van der Waals surface area (Å²) in [5.41, 5.74) is -0.511. The van der Waals surface area contributed by atoms with Crippen LogP contribution in [0.25, 0.3) is 0 Å². The van der Waals surface area contributed by atoms with Crippen molar-refractivity contribution in [2.24, 2.45) is 29.1 Å². The highest BCUT2D eigenvalue weighted by Gasteiger charge is 2.39. The van der Waals surface area contributed by atoms with Crippen molar-refractivity contribution in [2.75, 3.05) is 6.61 Å². The van der Waals surface area contributed by atoms with Gasteiger partial charge in [-0.25, -0.2) is 0 Å². The van der Waals surface area contributed by atoms with Gasteiger partial charge in [-0.3, -0.25) is 9.59 Å². The maximum absolute atomic E-state index is 13.1. The summed E-state index contributed by atoms with van der Waals surface area (Å²) in [6, 6.07) is 0. The molecule has 1 heterocycles. The second-order valence-corrected chi connectivity index (χ2v) is 8.23. The minimum atomic E-state index is -0.511. The zero-order chi connectivity index (χ0) is 18.3. The summed E-state index contributed by atoms with van der Waals surface area (Å²) in [5.74, 6) is 0.948. The summed E-state index contributed by atoms with van der Waals surface area (Å²) in [7, 11) is 0. The third-order valence-electron chi connectivity index (χ3n) is 6.18. The third-order valence-corrected chi connectivity index (χ3v) is 6.18. The number of allylic oxidation sites excluding steroid dienone is 1. The normalized spacial score (nSPS) is 35.2. The number of carbonyl (C=O) groups excluding carboxylic acids is 2. The van der Waals surface area contributed by atoms with Gasteiger partial charge in [-0.1, -0.05) is 60.1 Å². The molecule has 4 atom stereocenters. The molecule has 0 bridgehead atoms. The molecule has 1 aliphatic heterocycles. The molecule has 0 aromatic rings. The lowest BCUT2D eigenvalue weighted by Crippen LogP contribution is -2.39. The molecule has 4 unspecified atom stereocenters. The van der Waals surface area contributed by atoms with E-state index in [-0.39, 0.29) is 23.6 Å². The van der Waals surface area contributed by atoms with Crippen LogP contribution in [0.1, 0.15) is 73.6 Å². The lowest BCUT2D eigenvalue weighted by molar-refractivity contribution is -0.147. The summed E-state index contributed by atoms with van der Waals surface area (Å²) in [6.07, 6.45) is 8.70. The Balaban J connectivity index is 2.92. The second-order valence-electron chi connectivity index (χ2n) is 8.23. The van der Waals surface area contributed by atoms with Gasteiger partial charge in [0.1, 0.15) is 5.78 Å². The van der Waals surface area contributed by atoms with Gasteiger partial charge >= 0.3 is 5.97 Å². The fraction of sp³-hybridized carbons (Fsp3) is 0.810. The maximum Gasteiger partial charge on any atom is 0.306 e.